The number of aliphatic hydroxyl groups excluding tert-OH is 5. The van der Waals surface area contributed by atoms with Gasteiger partial charge in [0.1, 0.15) is 18.5 Å². The van der Waals surface area contributed by atoms with Crippen molar-refractivity contribution < 1.29 is 67.9 Å². The number of hydrogen-bond acceptors (Lipinski definition) is 13. The van der Waals surface area contributed by atoms with Crippen LogP contribution in [0.2, 0.25) is 0 Å². The Kier molecular flexibility index (Phi) is 32.2. The normalized spacial score (nSPS) is 20.8. The molecule has 0 amide bonds. The van der Waals surface area contributed by atoms with Crippen LogP contribution in [0.3, 0.4) is 0 Å². The van der Waals surface area contributed by atoms with E-state index in [0.717, 1.165) is 57.8 Å². The van der Waals surface area contributed by atoms with Crippen LogP contribution in [0, 0.1) is 11.8 Å². The van der Waals surface area contributed by atoms with Crippen molar-refractivity contribution in [3.05, 3.63) is 24.3 Å². The lowest BCUT2D eigenvalue weighted by Gasteiger charge is -2.20. The maximum Gasteiger partial charge on any atom is 0.472 e. The van der Waals surface area contributed by atoms with Crippen LogP contribution < -0.4 is 0 Å². The van der Waals surface area contributed by atoms with Crippen LogP contribution in [0.1, 0.15) is 168 Å². The Hall–Kier alpha value is -2.00. The smallest absolute Gasteiger partial charge is 0.462 e. The molecule has 1 aliphatic rings. The van der Waals surface area contributed by atoms with Crippen LogP contribution in [0.4, 0.5) is 0 Å². The largest absolute Gasteiger partial charge is 0.472 e. The summed E-state index contributed by atoms with van der Waals surface area (Å²) in [5, 5.41) is 49.6. The van der Waals surface area contributed by atoms with Gasteiger partial charge in [0.05, 0.1) is 38.1 Å². The Morgan fingerprint density at radius 1 is 0.712 bits per heavy atom. The Morgan fingerprint density at radius 3 is 1.93 bits per heavy atom. The summed E-state index contributed by atoms with van der Waals surface area (Å²) >= 11 is 0. The van der Waals surface area contributed by atoms with Crippen LogP contribution >= 0.6 is 7.82 Å². The van der Waals surface area contributed by atoms with E-state index in [4.69, 9.17) is 19.1 Å². The first-order valence-electron chi connectivity index (χ1n) is 22.5. The number of carbonyl (C=O) groups is 3. The van der Waals surface area contributed by atoms with E-state index < -0.39 is 88.5 Å². The van der Waals surface area contributed by atoms with Gasteiger partial charge in [0, 0.05) is 43.9 Å². The van der Waals surface area contributed by atoms with Crippen LogP contribution in [0.25, 0.3) is 0 Å². The van der Waals surface area contributed by atoms with E-state index in [1.54, 1.807) is 12.2 Å². The molecule has 14 nitrogen and oxygen atoms in total. The highest BCUT2D eigenvalue weighted by Crippen LogP contribution is 2.43. The summed E-state index contributed by atoms with van der Waals surface area (Å²) in [6.45, 7) is 1.83. The van der Waals surface area contributed by atoms with Crippen LogP contribution in [-0.2, 0) is 37.5 Å². The summed E-state index contributed by atoms with van der Waals surface area (Å²) in [4.78, 5) is 48.0. The van der Waals surface area contributed by atoms with E-state index in [0.29, 0.717) is 25.7 Å². The van der Waals surface area contributed by atoms with Gasteiger partial charge >= 0.3 is 19.8 Å². The number of phosphoric acid groups is 1. The molecule has 0 saturated heterocycles. The molecule has 6 N–H and O–H groups in total. The van der Waals surface area contributed by atoms with Crippen molar-refractivity contribution in [2.24, 2.45) is 11.8 Å². The predicted octanol–water partition coefficient (Wildman–Crippen LogP) is 7.34. The lowest BCUT2D eigenvalue weighted by Crippen LogP contribution is -2.29. The molecule has 8 atom stereocenters. The molecule has 15 heteroatoms. The molecule has 0 bridgehead atoms. The Balaban J connectivity index is 2.49. The van der Waals surface area contributed by atoms with Gasteiger partial charge in [-0.25, -0.2) is 4.57 Å². The Labute approximate surface area is 353 Å². The van der Waals surface area contributed by atoms with Crippen molar-refractivity contribution >= 4 is 25.5 Å². The third kappa shape index (κ3) is 29.0. The van der Waals surface area contributed by atoms with Gasteiger partial charge in [0.2, 0.25) is 0 Å². The van der Waals surface area contributed by atoms with E-state index >= 15 is 0 Å². The fourth-order valence-corrected chi connectivity index (χ4v) is 7.77. The maximum atomic E-state index is 12.8. The summed E-state index contributed by atoms with van der Waals surface area (Å²) in [6, 6.07) is 0. The summed E-state index contributed by atoms with van der Waals surface area (Å²) in [6.07, 6.45) is 22.0. The fraction of sp³-hybridized carbons (Fsp3) is 0.841. The number of aliphatic hydroxyl groups is 5. The molecule has 0 spiro atoms. The molecule has 0 aromatic rings. The van der Waals surface area contributed by atoms with E-state index in [-0.39, 0.29) is 37.9 Å². The van der Waals surface area contributed by atoms with Gasteiger partial charge in [-0.2, -0.15) is 0 Å². The van der Waals surface area contributed by atoms with E-state index in [9.17, 15) is 44.3 Å². The van der Waals surface area contributed by atoms with Crippen LogP contribution in [0.5, 0.6) is 0 Å². The monoisotopic (exact) mass is 863 g/mol. The third-order valence-electron chi connectivity index (χ3n) is 10.6. The number of ketones is 1. The van der Waals surface area contributed by atoms with E-state index in [1.165, 1.54) is 38.5 Å². The fourth-order valence-electron chi connectivity index (χ4n) is 6.98. The molecule has 0 aromatic heterocycles. The lowest BCUT2D eigenvalue weighted by atomic mass is 9.87. The quantitative estimate of drug-likeness (QED) is 0.0155. The van der Waals surface area contributed by atoms with Gasteiger partial charge in [0.15, 0.2) is 6.10 Å². The first kappa shape index (κ1) is 55.0. The van der Waals surface area contributed by atoms with Crippen LogP contribution in [-0.4, -0.2) is 105 Å². The molecule has 59 heavy (non-hydrogen) atoms. The second-order valence-corrected chi connectivity index (χ2v) is 17.5. The number of ether oxygens (including phenoxy) is 2. The molecule has 1 fully saturated rings. The Morgan fingerprint density at radius 2 is 1.27 bits per heavy atom. The number of carbonyl (C=O) groups excluding carboxylic acids is 3. The van der Waals surface area contributed by atoms with Crippen LogP contribution in [0.15, 0.2) is 24.3 Å². The van der Waals surface area contributed by atoms with Crippen molar-refractivity contribution in [2.75, 3.05) is 26.4 Å². The average Bonchev–Trinajstić information content (AvgIpc) is 3.47. The van der Waals surface area contributed by atoms with Gasteiger partial charge in [-0.05, 0) is 51.4 Å². The van der Waals surface area contributed by atoms with Gasteiger partial charge in [0.25, 0.3) is 0 Å². The third-order valence-corrected chi connectivity index (χ3v) is 11.5. The molecule has 344 valence electrons. The molecule has 1 aliphatic carbocycles. The van der Waals surface area contributed by atoms with Crippen molar-refractivity contribution in [1.29, 1.82) is 0 Å². The second-order valence-electron chi connectivity index (χ2n) is 16.0. The van der Waals surface area contributed by atoms with Crippen molar-refractivity contribution in [3.63, 3.8) is 0 Å². The molecule has 1 saturated carbocycles. The average molecular weight is 863 g/mol. The molecule has 0 aliphatic heterocycles. The molecule has 1 rings (SSSR count). The maximum absolute atomic E-state index is 12.8. The Bertz CT molecular complexity index is 1210. The molecular weight excluding hydrogens is 783 g/mol. The topological polar surface area (TPSA) is 227 Å². The summed E-state index contributed by atoms with van der Waals surface area (Å²) in [7, 11) is -4.71. The number of esters is 2. The zero-order valence-electron chi connectivity index (χ0n) is 36.0. The summed E-state index contributed by atoms with van der Waals surface area (Å²) < 4.78 is 32.6. The number of hydrogen-bond donors (Lipinski definition) is 6. The molecular formula is C44H79O14P. The number of rotatable bonds is 38. The standard InChI is InChI=1S/C44H79O14P/c1-3-5-7-8-9-10-11-12-13-14-15-16-17-18-20-26-44(52)58-38(34-57-59(53,54)56-32-37(48)31-45)33-55-43(51)25-22-21-24-36(47)29-40-39(41(49)30-42(40)50)28-27-35(46)23-19-6-4-2/h12-13,27-28,35,37-42,45-46,48-50H,3-11,14-26,29-34H2,1-2H3,(H,53,54)/b13-12-,28-27+/t35-,37-,38+,39+,40+,41+,42-/m0/s1. The molecule has 0 radical (unpaired) electrons. The van der Waals surface area contributed by atoms with Crippen molar-refractivity contribution in [1.82, 2.24) is 0 Å². The van der Waals surface area contributed by atoms with Gasteiger partial charge in [-0.1, -0.05) is 109 Å². The highest BCUT2D eigenvalue weighted by Gasteiger charge is 2.41. The molecule has 1 unspecified atom stereocenters. The van der Waals surface area contributed by atoms with E-state index in [1.807, 2.05) is 0 Å². The minimum atomic E-state index is -4.71. The van der Waals surface area contributed by atoms with Gasteiger partial charge < -0.3 is 39.9 Å². The summed E-state index contributed by atoms with van der Waals surface area (Å²) in [5.41, 5.74) is 0. The van der Waals surface area contributed by atoms with E-state index in [2.05, 4.69) is 30.5 Å². The SMILES string of the molecule is CCCCCCCC/C=C\CCCCCCCC(=O)O[C@H](COC(=O)CCCCC(=O)C[C@@H]1[C@@H](/C=C/[C@@H](O)CCCCC)[C@H](O)C[C@@H]1O)COP(=O)(O)OC[C@@H](O)CO. The molecule has 0 heterocycles. The first-order chi connectivity index (χ1) is 28.3. The zero-order chi connectivity index (χ0) is 43.7. The number of allylic oxidation sites excluding steroid dienone is 2. The number of phosphoric ester groups is 1. The van der Waals surface area contributed by atoms with Gasteiger partial charge in [-0.15, -0.1) is 0 Å². The minimum Gasteiger partial charge on any atom is -0.462 e. The van der Waals surface area contributed by atoms with Gasteiger partial charge in [-0.3, -0.25) is 23.4 Å². The minimum absolute atomic E-state index is 0.0452. The zero-order valence-corrected chi connectivity index (χ0v) is 36.9. The van der Waals surface area contributed by atoms with Crippen molar-refractivity contribution in [3.8, 4) is 0 Å². The highest BCUT2D eigenvalue weighted by molar-refractivity contribution is 7.47. The second kappa shape index (κ2) is 34.6. The predicted molar refractivity (Wildman–Crippen MR) is 226 cm³/mol. The lowest BCUT2D eigenvalue weighted by molar-refractivity contribution is -0.161. The molecule has 0 aromatic carbocycles. The summed E-state index contributed by atoms with van der Waals surface area (Å²) in [5.74, 6) is -2.26. The number of unbranched alkanes of at least 4 members (excludes halogenated alkanes) is 14. The van der Waals surface area contributed by atoms with Crippen molar-refractivity contribution in [2.45, 2.75) is 198 Å². The highest BCUT2D eigenvalue weighted by atomic mass is 31.2. The first-order valence-corrected chi connectivity index (χ1v) is 24.0. The number of Topliss-reactive ketones (excluding diaryl/α,β-unsaturated/α-hetero) is 1.